The quantitative estimate of drug-likeness (QED) is 0.869. The molecule has 0 bridgehead atoms. The van der Waals surface area contributed by atoms with Crippen LogP contribution in [0.15, 0.2) is 36.5 Å². The Morgan fingerprint density at radius 3 is 2.73 bits per heavy atom. The van der Waals surface area contributed by atoms with E-state index in [4.69, 9.17) is 4.74 Å². The first-order valence-corrected chi connectivity index (χ1v) is 8.94. The van der Waals surface area contributed by atoms with Crippen molar-refractivity contribution in [3.05, 3.63) is 42.2 Å². The lowest BCUT2D eigenvalue weighted by atomic mass is 10.1. The number of carbonyl (C=O) groups excluding carboxylic acids is 1. The lowest BCUT2D eigenvalue weighted by molar-refractivity contribution is 0.0592. The molecule has 1 saturated heterocycles. The van der Waals surface area contributed by atoms with Gasteiger partial charge in [-0.3, -0.25) is 4.79 Å². The Kier molecular flexibility index (Phi) is 7.06. The minimum Gasteiger partial charge on any atom is -0.489 e. The Labute approximate surface area is 160 Å². The highest BCUT2D eigenvalue weighted by Gasteiger charge is 2.32. The minimum absolute atomic E-state index is 0. The van der Waals surface area contributed by atoms with Crippen LogP contribution in [0.1, 0.15) is 37.7 Å². The second-order valence-electron chi connectivity index (χ2n) is 6.45. The SMILES string of the molecule is CCCOc1cn(-c2ccccc2)nc1C(=O)N1CCNC(C)C1C.Cl. The second kappa shape index (κ2) is 9.05. The molecule has 2 heterocycles. The van der Waals surface area contributed by atoms with Gasteiger partial charge in [-0.1, -0.05) is 25.1 Å². The van der Waals surface area contributed by atoms with Crippen LogP contribution in [-0.4, -0.2) is 52.4 Å². The van der Waals surface area contributed by atoms with Crippen LogP contribution < -0.4 is 10.1 Å². The van der Waals surface area contributed by atoms with Gasteiger partial charge in [-0.25, -0.2) is 4.68 Å². The van der Waals surface area contributed by atoms with Crippen molar-refractivity contribution in [1.29, 1.82) is 0 Å². The van der Waals surface area contributed by atoms with E-state index in [-0.39, 0.29) is 30.4 Å². The highest BCUT2D eigenvalue weighted by molar-refractivity contribution is 5.95. The Hall–Kier alpha value is -2.05. The number of ether oxygens (including phenoxy) is 1. The van der Waals surface area contributed by atoms with Crippen molar-refractivity contribution in [2.45, 2.75) is 39.3 Å². The fraction of sp³-hybridized carbons (Fsp3) is 0.474. The van der Waals surface area contributed by atoms with E-state index in [1.165, 1.54) is 0 Å². The Bertz CT molecular complexity index is 720. The summed E-state index contributed by atoms with van der Waals surface area (Å²) in [4.78, 5) is 15.0. The number of carbonyl (C=O) groups is 1. The van der Waals surface area contributed by atoms with Crippen LogP contribution >= 0.6 is 12.4 Å². The number of amides is 1. The van der Waals surface area contributed by atoms with Gasteiger partial charge >= 0.3 is 0 Å². The fourth-order valence-corrected chi connectivity index (χ4v) is 3.02. The third kappa shape index (κ3) is 4.19. The number of piperazine rings is 1. The van der Waals surface area contributed by atoms with Crippen LogP contribution in [0.3, 0.4) is 0 Å². The molecule has 26 heavy (non-hydrogen) atoms. The van der Waals surface area contributed by atoms with E-state index in [9.17, 15) is 4.79 Å². The van der Waals surface area contributed by atoms with E-state index in [1.54, 1.807) is 10.9 Å². The van der Waals surface area contributed by atoms with Gasteiger partial charge in [0.25, 0.3) is 5.91 Å². The molecular formula is C19H27ClN4O2. The van der Waals surface area contributed by atoms with Crippen LogP contribution in [-0.2, 0) is 0 Å². The molecule has 142 valence electrons. The third-order valence-corrected chi connectivity index (χ3v) is 4.66. The predicted molar refractivity (Wildman–Crippen MR) is 105 cm³/mol. The van der Waals surface area contributed by atoms with Gasteiger partial charge in [-0.15, -0.1) is 12.4 Å². The van der Waals surface area contributed by atoms with Crippen molar-refractivity contribution < 1.29 is 9.53 Å². The zero-order valence-electron chi connectivity index (χ0n) is 15.5. The first-order valence-electron chi connectivity index (χ1n) is 8.94. The molecule has 3 rings (SSSR count). The molecule has 1 aliphatic heterocycles. The molecule has 1 fully saturated rings. The van der Waals surface area contributed by atoms with E-state index in [0.29, 0.717) is 24.6 Å². The van der Waals surface area contributed by atoms with Crippen LogP contribution in [0.25, 0.3) is 5.69 Å². The summed E-state index contributed by atoms with van der Waals surface area (Å²) >= 11 is 0. The lowest BCUT2D eigenvalue weighted by Crippen LogP contribution is -2.57. The molecule has 1 aromatic carbocycles. The van der Waals surface area contributed by atoms with Crippen molar-refractivity contribution in [1.82, 2.24) is 20.0 Å². The van der Waals surface area contributed by atoms with E-state index < -0.39 is 0 Å². The Morgan fingerprint density at radius 2 is 2.04 bits per heavy atom. The van der Waals surface area contributed by atoms with Gasteiger partial charge < -0.3 is 15.0 Å². The normalized spacial score (nSPS) is 19.7. The van der Waals surface area contributed by atoms with Gasteiger partial charge in [0.2, 0.25) is 0 Å². The summed E-state index contributed by atoms with van der Waals surface area (Å²) in [6.07, 6.45) is 2.68. The van der Waals surface area contributed by atoms with E-state index in [1.807, 2.05) is 42.2 Å². The number of nitrogens with zero attached hydrogens (tertiary/aromatic N) is 3. The topological polar surface area (TPSA) is 59.4 Å². The average Bonchev–Trinajstić information content (AvgIpc) is 3.06. The molecule has 1 amide bonds. The summed E-state index contributed by atoms with van der Waals surface area (Å²) in [5.74, 6) is 0.482. The summed E-state index contributed by atoms with van der Waals surface area (Å²) in [6.45, 7) is 8.24. The first kappa shape index (κ1) is 20.3. The monoisotopic (exact) mass is 378 g/mol. The number of nitrogens with one attached hydrogen (secondary N) is 1. The molecule has 6 nitrogen and oxygen atoms in total. The zero-order chi connectivity index (χ0) is 17.8. The predicted octanol–water partition coefficient (Wildman–Crippen LogP) is 2.91. The molecule has 0 aliphatic carbocycles. The van der Waals surface area contributed by atoms with E-state index in [2.05, 4.69) is 24.3 Å². The van der Waals surface area contributed by atoms with E-state index in [0.717, 1.165) is 18.7 Å². The van der Waals surface area contributed by atoms with Gasteiger partial charge in [0, 0.05) is 25.2 Å². The molecular weight excluding hydrogens is 352 g/mol. The first-order chi connectivity index (χ1) is 12.1. The molecule has 2 aromatic rings. The lowest BCUT2D eigenvalue weighted by Gasteiger charge is -2.38. The van der Waals surface area contributed by atoms with Crippen LogP contribution in [0, 0.1) is 0 Å². The van der Waals surface area contributed by atoms with Gasteiger partial charge in [0.15, 0.2) is 11.4 Å². The van der Waals surface area contributed by atoms with Crippen molar-refractivity contribution >= 4 is 18.3 Å². The second-order valence-corrected chi connectivity index (χ2v) is 6.45. The molecule has 0 saturated carbocycles. The van der Waals surface area contributed by atoms with Crippen molar-refractivity contribution in [3.63, 3.8) is 0 Å². The van der Waals surface area contributed by atoms with Gasteiger partial charge in [-0.05, 0) is 32.4 Å². The highest BCUT2D eigenvalue weighted by Crippen LogP contribution is 2.23. The molecule has 2 unspecified atom stereocenters. The average molecular weight is 379 g/mol. The molecule has 7 heteroatoms. The maximum absolute atomic E-state index is 13.1. The van der Waals surface area contributed by atoms with Crippen LogP contribution in [0.4, 0.5) is 0 Å². The number of hydrogen-bond donors (Lipinski definition) is 1. The largest absolute Gasteiger partial charge is 0.489 e. The van der Waals surface area contributed by atoms with E-state index >= 15 is 0 Å². The molecule has 1 N–H and O–H groups in total. The van der Waals surface area contributed by atoms with Gasteiger partial charge in [-0.2, -0.15) is 5.10 Å². The fourth-order valence-electron chi connectivity index (χ4n) is 3.02. The summed E-state index contributed by atoms with van der Waals surface area (Å²) in [5, 5.41) is 7.95. The third-order valence-electron chi connectivity index (χ3n) is 4.66. The molecule has 1 aromatic heterocycles. The summed E-state index contributed by atoms with van der Waals surface area (Å²) < 4.78 is 7.53. The Balaban J connectivity index is 0.00000243. The number of hydrogen-bond acceptors (Lipinski definition) is 4. The molecule has 0 spiro atoms. The number of aromatic nitrogens is 2. The maximum atomic E-state index is 13.1. The summed E-state index contributed by atoms with van der Waals surface area (Å²) in [7, 11) is 0. The summed E-state index contributed by atoms with van der Waals surface area (Å²) in [5.41, 5.74) is 1.29. The highest BCUT2D eigenvalue weighted by atomic mass is 35.5. The minimum atomic E-state index is -0.0679. The van der Waals surface area contributed by atoms with Crippen LogP contribution in [0.2, 0.25) is 0 Å². The van der Waals surface area contributed by atoms with Crippen molar-refractivity contribution in [2.24, 2.45) is 0 Å². The standard InChI is InChI=1S/C19H26N4O2.ClH/c1-4-12-25-17-13-23(16-8-6-5-7-9-16)21-18(17)19(24)22-11-10-20-14(2)15(22)3;/h5-9,13-15,20H,4,10-12H2,1-3H3;1H. The number of rotatable bonds is 5. The zero-order valence-corrected chi connectivity index (χ0v) is 16.3. The molecule has 1 aliphatic rings. The summed E-state index contributed by atoms with van der Waals surface area (Å²) in [6, 6.07) is 10.1. The number of halogens is 1. The molecule has 2 atom stereocenters. The number of para-hydroxylation sites is 1. The van der Waals surface area contributed by atoms with Crippen LogP contribution in [0.5, 0.6) is 5.75 Å². The van der Waals surface area contributed by atoms with Crippen molar-refractivity contribution in [2.75, 3.05) is 19.7 Å². The van der Waals surface area contributed by atoms with Gasteiger partial charge in [0.1, 0.15) is 0 Å². The van der Waals surface area contributed by atoms with Crippen molar-refractivity contribution in [3.8, 4) is 11.4 Å². The molecule has 0 radical (unpaired) electrons. The number of benzene rings is 1. The maximum Gasteiger partial charge on any atom is 0.278 e. The Morgan fingerprint density at radius 1 is 1.31 bits per heavy atom. The smallest absolute Gasteiger partial charge is 0.278 e. The van der Waals surface area contributed by atoms with Gasteiger partial charge in [0.05, 0.1) is 18.5 Å².